The molecule has 9 heteroatoms. The normalized spacial score (nSPS) is 10.8. The standard InChI is InChI=1S/C11H13N3Si.C6H4BrN3.C5H10Si/c1-15(2,3)8-6-10-9-12-11-5-4-7-13-14(10)11;7-5-4-8-6-2-1-3-9-10(5)6;1-5-6(2,3)4/h4-5,7,9H,1-3H3;1-4H;1H,2-4H3. The van der Waals surface area contributed by atoms with Gasteiger partial charge >= 0.3 is 0 Å². The second kappa shape index (κ2) is 10.5. The van der Waals surface area contributed by atoms with Crippen LogP contribution in [0.4, 0.5) is 0 Å². The van der Waals surface area contributed by atoms with Gasteiger partial charge in [0, 0.05) is 12.4 Å². The van der Waals surface area contributed by atoms with Crippen LogP contribution in [0.2, 0.25) is 39.3 Å². The first-order chi connectivity index (χ1) is 14.5. The molecular weight excluding hydrogens is 484 g/mol. The van der Waals surface area contributed by atoms with Crippen molar-refractivity contribution in [2.24, 2.45) is 0 Å². The van der Waals surface area contributed by atoms with E-state index in [0.29, 0.717) is 0 Å². The fourth-order valence-electron chi connectivity index (χ4n) is 1.97. The van der Waals surface area contributed by atoms with E-state index in [1.165, 1.54) is 0 Å². The van der Waals surface area contributed by atoms with Gasteiger partial charge in [-0.2, -0.15) is 10.2 Å². The Balaban J connectivity index is 0.000000184. The van der Waals surface area contributed by atoms with Crippen LogP contribution in [0, 0.1) is 23.4 Å². The molecule has 6 nitrogen and oxygen atoms in total. The summed E-state index contributed by atoms with van der Waals surface area (Å²) >= 11 is 3.30. The zero-order valence-electron chi connectivity index (χ0n) is 18.8. The summed E-state index contributed by atoms with van der Waals surface area (Å²) in [5.74, 6) is 3.16. The van der Waals surface area contributed by atoms with Crippen LogP contribution in [-0.4, -0.2) is 45.3 Å². The maximum atomic E-state index is 5.12. The van der Waals surface area contributed by atoms with Crippen molar-refractivity contribution in [2.45, 2.75) is 39.3 Å². The summed E-state index contributed by atoms with van der Waals surface area (Å²) in [5, 5.41) is 8.26. The average molecular weight is 512 g/mol. The van der Waals surface area contributed by atoms with Crippen LogP contribution >= 0.6 is 15.9 Å². The monoisotopic (exact) mass is 510 g/mol. The minimum Gasteiger partial charge on any atom is -0.234 e. The number of halogens is 1. The SMILES string of the molecule is Brc1cnc2cccnn12.C#C[Si](C)(C)C.C[Si](C)(C)C#Cc1cnc2cccnn12. The van der Waals surface area contributed by atoms with Gasteiger partial charge in [0.25, 0.3) is 0 Å². The Morgan fingerprint density at radius 3 is 1.87 bits per heavy atom. The zero-order valence-corrected chi connectivity index (χ0v) is 22.3. The van der Waals surface area contributed by atoms with Crippen LogP contribution in [0.25, 0.3) is 11.3 Å². The molecule has 0 aliphatic heterocycles. The first-order valence-electron chi connectivity index (χ1n) is 9.74. The third kappa shape index (κ3) is 8.14. The van der Waals surface area contributed by atoms with Crippen molar-refractivity contribution in [3.63, 3.8) is 0 Å². The summed E-state index contributed by atoms with van der Waals surface area (Å²) < 4.78 is 4.37. The van der Waals surface area contributed by atoms with Crippen molar-refractivity contribution in [2.75, 3.05) is 0 Å². The van der Waals surface area contributed by atoms with Crippen molar-refractivity contribution in [1.29, 1.82) is 0 Å². The highest BCUT2D eigenvalue weighted by Crippen LogP contribution is 2.09. The molecule has 0 radical (unpaired) electrons. The minimum atomic E-state index is -1.33. The number of fused-ring (bicyclic) bond motifs is 2. The molecule has 4 aromatic heterocycles. The maximum absolute atomic E-state index is 5.12. The molecule has 4 heterocycles. The number of terminal acetylenes is 1. The second-order valence-corrected chi connectivity index (χ2v) is 19.1. The predicted octanol–water partition coefficient (Wildman–Crippen LogP) is 4.95. The molecule has 0 amide bonds. The Morgan fingerprint density at radius 2 is 1.35 bits per heavy atom. The highest BCUT2D eigenvalue weighted by atomic mass is 79.9. The van der Waals surface area contributed by atoms with Crippen LogP contribution in [0.5, 0.6) is 0 Å². The molecule has 31 heavy (non-hydrogen) atoms. The maximum Gasteiger partial charge on any atom is 0.154 e. The minimum absolute atomic E-state index is 0.845. The van der Waals surface area contributed by atoms with Gasteiger partial charge in [0.05, 0.1) is 12.4 Å². The van der Waals surface area contributed by atoms with Crippen molar-refractivity contribution in [1.82, 2.24) is 29.2 Å². The van der Waals surface area contributed by atoms with Crippen molar-refractivity contribution < 1.29 is 0 Å². The zero-order chi connectivity index (χ0) is 23.1. The molecule has 0 spiro atoms. The fourth-order valence-corrected chi connectivity index (χ4v) is 2.85. The lowest BCUT2D eigenvalue weighted by molar-refractivity contribution is 0.916. The lowest BCUT2D eigenvalue weighted by Crippen LogP contribution is -2.16. The first kappa shape index (κ1) is 24.5. The van der Waals surface area contributed by atoms with Crippen molar-refractivity contribution in [3.8, 4) is 23.4 Å². The van der Waals surface area contributed by atoms with E-state index in [1.807, 2.05) is 24.3 Å². The molecule has 0 unspecified atom stereocenters. The lowest BCUT2D eigenvalue weighted by atomic mass is 10.5. The van der Waals surface area contributed by atoms with E-state index in [4.69, 9.17) is 6.42 Å². The van der Waals surface area contributed by atoms with Crippen LogP contribution in [0.1, 0.15) is 5.69 Å². The van der Waals surface area contributed by atoms with Gasteiger partial charge in [0.2, 0.25) is 0 Å². The molecule has 0 saturated carbocycles. The summed E-state index contributed by atoms with van der Waals surface area (Å²) in [6.45, 7) is 13.1. The first-order valence-corrected chi connectivity index (χ1v) is 17.5. The largest absolute Gasteiger partial charge is 0.234 e. The molecule has 0 aliphatic rings. The summed E-state index contributed by atoms with van der Waals surface area (Å²) in [4.78, 5) is 8.30. The summed E-state index contributed by atoms with van der Waals surface area (Å²) in [5.41, 5.74) is 8.62. The van der Waals surface area contributed by atoms with Gasteiger partial charge in [-0.25, -0.2) is 19.0 Å². The molecule has 0 atom stereocenters. The van der Waals surface area contributed by atoms with Crippen LogP contribution < -0.4 is 0 Å². The molecule has 0 N–H and O–H groups in total. The van der Waals surface area contributed by atoms with Gasteiger partial charge in [-0.1, -0.05) is 45.2 Å². The quantitative estimate of drug-likeness (QED) is 0.248. The Labute approximate surface area is 194 Å². The number of hydrogen-bond acceptors (Lipinski definition) is 4. The summed E-state index contributed by atoms with van der Waals surface area (Å²) in [6, 6.07) is 7.55. The Kier molecular flexibility index (Phi) is 8.34. The molecule has 0 bridgehead atoms. The van der Waals surface area contributed by atoms with Gasteiger partial charge in [0.15, 0.2) is 11.3 Å². The second-order valence-electron chi connectivity index (χ2n) is 8.71. The Morgan fingerprint density at radius 1 is 0.839 bits per heavy atom. The average Bonchev–Trinajstić information content (AvgIpc) is 3.30. The molecule has 160 valence electrons. The summed E-state index contributed by atoms with van der Waals surface area (Å²) in [6.07, 6.45) is 12.1. The van der Waals surface area contributed by atoms with Gasteiger partial charge in [-0.05, 0) is 40.2 Å². The van der Waals surface area contributed by atoms with Gasteiger partial charge in [0.1, 0.15) is 26.4 Å². The predicted molar refractivity (Wildman–Crippen MR) is 136 cm³/mol. The van der Waals surface area contributed by atoms with Gasteiger partial charge in [-0.15, -0.1) is 17.5 Å². The Hall–Kier alpha value is -2.73. The van der Waals surface area contributed by atoms with Crippen molar-refractivity contribution >= 4 is 43.4 Å². The third-order valence-electron chi connectivity index (χ3n) is 3.51. The lowest BCUT2D eigenvalue weighted by Gasteiger charge is -2.02. The molecule has 0 fully saturated rings. The number of aromatic nitrogens is 6. The molecular formula is C22H27BrN6Si2. The smallest absolute Gasteiger partial charge is 0.154 e. The Bertz CT molecular complexity index is 1250. The fraction of sp³-hybridized carbons (Fsp3) is 0.273. The van der Waals surface area contributed by atoms with Crippen LogP contribution in [0.15, 0.2) is 53.7 Å². The van der Waals surface area contributed by atoms with E-state index in [1.54, 1.807) is 33.8 Å². The molecule has 4 aromatic rings. The molecule has 4 rings (SSSR count). The van der Waals surface area contributed by atoms with E-state index >= 15 is 0 Å². The number of nitrogens with zero attached hydrogens (tertiary/aromatic N) is 6. The molecule has 0 aliphatic carbocycles. The topological polar surface area (TPSA) is 60.4 Å². The van der Waals surface area contributed by atoms with E-state index < -0.39 is 16.1 Å². The van der Waals surface area contributed by atoms with Crippen LogP contribution in [-0.2, 0) is 0 Å². The highest BCUT2D eigenvalue weighted by Gasteiger charge is 2.08. The third-order valence-corrected chi connectivity index (χ3v) is 5.79. The summed E-state index contributed by atoms with van der Waals surface area (Å²) in [7, 11) is -2.43. The van der Waals surface area contributed by atoms with Crippen LogP contribution in [0.3, 0.4) is 0 Å². The van der Waals surface area contributed by atoms with Crippen molar-refractivity contribution in [3.05, 3.63) is 59.3 Å². The van der Waals surface area contributed by atoms with E-state index in [-0.39, 0.29) is 0 Å². The van der Waals surface area contributed by atoms with E-state index in [2.05, 4.69) is 92.4 Å². The molecule has 0 aromatic carbocycles. The number of imidazole rings is 2. The van der Waals surface area contributed by atoms with Gasteiger partial charge in [-0.3, -0.25) is 0 Å². The van der Waals surface area contributed by atoms with E-state index in [0.717, 1.165) is 21.6 Å². The number of rotatable bonds is 0. The van der Waals surface area contributed by atoms with Gasteiger partial charge < -0.3 is 0 Å². The highest BCUT2D eigenvalue weighted by molar-refractivity contribution is 9.10. The molecule has 0 saturated heterocycles. The number of hydrogen-bond donors (Lipinski definition) is 0. The van der Waals surface area contributed by atoms with E-state index in [9.17, 15) is 0 Å².